The number of carbonyl (C=O) groups excluding carboxylic acids is 5. The highest BCUT2D eigenvalue weighted by Gasteiger charge is 2.70. The maximum absolute atomic E-state index is 14.3. The maximum Gasteiger partial charge on any atom is 0.315 e. The normalized spacial score (nSPS) is 23.7. The molecule has 2 unspecified atom stereocenters. The number of hydrogen-bond acceptors (Lipinski definition) is 7. The summed E-state index contributed by atoms with van der Waals surface area (Å²) >= 11 is 0. The van der Waals surface area contributed by atoms with Crippen LogP contribution < -0.4 is 21.7 Å². The topological polar surface area (TPSA) is 185 Å². The first-order chi connectivity index (χ1) is 22.0. The van der Waals surface area contributed by atoms with Crippen LogP contribution in [0.4, 0.5) is 4.79 Å². The Hall–Kier alpha value is -3.48. The van der Waals surface area contributed by atoms with Crippen molar-refractivity contribution >= 4 is 39.4 Å². The number of likely N-dealkylation sites (tertiary alicyclic amines) is 1. The number of nitrogens with two attached hydrogens (primary N) is 1. The highest BCUT2D eigenvalue weighted by molar-refractivity contribution is 7.90. The number of Topliss-reactive ketones (excluding diaryl/α,β-unsaturated/α-hetero) is 1. The predicted molar refractivity (Wildman–Crippen MR) is 182 cm³/mol. The first-order valence-electron chi connectivity index (χ1n) is 16.8. The smallest absolute Gasteiger partial charge is 0.315 e. The van der Waals surface area contributed by atoms with Gasteiger partial charge in [-0.05, 0) is 46.0 Å². The van der Waals surface area contributed by atoms with Crippen LogP contribution in [0.25, 0.3) is 0 Å². The van der Waals surface area contributed by atoms with Gasteiger partial charge in [0.05, 0.1) is 17.5 Å². The number of nitrogens with zero attached hydrogens (tertiary/aromatic N) is 1. The van der Waals surface area contributed by atoms with E-state index in [1.165, 1.54) is 4.90 Å². The standard InChI is InChI=1S/C35H53N5O7S/c1-33(2,3)24(19-48(46,47)18-21-12-10-9-11-13-21)38-32(45)39-28(34(4,5)6)31(44)40-17-22-25(35(22,7)8)26(40)30(43)37-23(16-20-14-15-20)27(41)29(36)42/h9-13,20,22-26,28H,14-19H2,1-8H3,(H2,36,42)(H,37,43)(H2,38,39,45)/t22?,23?,24-,25+,26+,28-/m1/s1. The number of nitrogens with one attached hydrogen (secondary N) is 3. The fourth-order valence-corrected chi connectivity index (χ4v) is 8.86. The molecule has 1 aromatic carbocycles. The average molecular weight is 688 g/mol. The van der Waals surface area contributed by atoms with Crippen LogP contribution in [0.15, 0.2) is 30.3 Å². The number of piperidine rings is 1. The molecule has 1 aromatic rings. The number of amides is 5. The lowest BCUT2D eigenvalue weighted by molar-refractivity contribution is -0.145. The Morgan fingerprint density at radius 2 is 1.54 bits per heavy atom. The number of ketones is 1. The molecule has 2 saturated carbocycles. The summed E-state index contributed by atoms with van der Waals surface area (Å²) in [6.07, 6.45) is 2.12. The molecule has 0 radical (unpaired) electrons. The first-order valence-corrected chi connectivity index (χ1v) is 18.6. The minimum atomic E-state index is -3.62. The van der Waals surface area contributed by atoms with E-state index < -0.39 is 74.4 Å². The Balaban J connectivity index is 1.51. The number of urea groups is 1. The molecule has 0 bridgehead atoms. The van der Waals surface area contributed by atoms with E-state index in [9.17, 15) is 32.4 Å². The van der Waals surface area contributed by atoms with Gasteiger partial charge in [-0.1, -0.05) is 98.6 Å². The van der Waals surface area contributed by atoms with Crippen LogP contribution in [-0.4, -0.2) is 79.3 Å². The van der Waals surface area contributed by atoms with Gasteiger partial charge in [-0.2, -0.15) is 0 Å². The van der Waals surface area contributed by atoms with E-state index in [1.54, 1.807) is 45.0 Å². The summed E-state index contributed by atoms with van der Waals surface area (Å²) in [5.41, 5.74) is 4.31. The van der Waals surface area contributed by atoms with Crippen LogP contribution in [0.1, 0.15) is 80.2 Å². The minimum Gasteiger partial charge on any atom is -0.363 e. The van der Waals surface area contributed by atoms with E-state index in [4.69, 9.17) is 5.73 Å². The van der Waals surface area contributed by atoms with Crippen molar-refractivity contribution in [1.29, 1.82) is 0 Å². The summed E-state index contributed by atoms with van der Waals surface area (Å²) in [7, 11) is -3.62. The molecule has 3 aliphatic rings. The number of fused-ring (bicyclic) bond motifs is 1. The second kappa shape index (κ2) is 13.4. The summed E-state index contributed by atoms with van der Waals surface area (Å²) in [6, 6.07) is 4.34. The molecule has 12 nitrogen and oxygen atoms in total. The molecule has 0 spiro atoms. The third-order valence-corrected chi connectivity index (χ3v) is 11.9. The molecule has 266 valence electrons. The molecule has 1 aliphatic heterocycles. The number of hydrogen-bond donors (Lipinski definition) is 4. The van der Waals surface area contributed by atoms with Crippen molar-refractivity contribution in [2.75, 3.05) is 12.3 Å². The molecule has 1 saturated heterocycles. The van der Waals surface area contributed by atoms with Crippen molar-refractivity contribution in [2.24, 2.45) is 39.7 Å². The van der Waals surface area contributed by atoms with Gasteiger partial charge in [0.25, 0.3) is 5.91 Å². The lowest BCUT2D eigenvalue weighted by atomic mass is 9.85. The molecular formula is C35H53N5O7S. The van der Waals surface area contributed by atoms with Crippen LogP contribution in [0.5, 0.6) is 0 Å². The van der Waals surface area contributed by atoms with Gasteiger partial charge in [-0.25, -0.2) is 13.2 Å². The second-order valence-corrected chi connectivity index (χ2v) is 18.8. The van der Waals surface area contributed by atoms with Gasteiger partial charge in [0.2, 0.25) is 17.6 Å². The summed E-state index contributed by atoms with van der Waals surface area (Å²) in [6.45, 7) is 15.3. The van der Waals surface area contributed by atoms with Crippen LogP contribution in [0.2, 0.25) is 0 Å². The molecule has 1 heterocycles. The van der Waals surface area contributed by atoms with Crippen molar-refractivity contribution in [3.63, 3.8) is 0 Å². The third kappa shape index (κ3) is 8.75. The highest BCUT2D eigenvalue weighted by Crippen LogP contribution is 2.65. The molecule has 5 amide bonds. The summed E-state index contributed by atoms with van der Waals surface area (Å²) in [5.74, 6) is -3.32. The molecule has 4 rings (SSSR count). The monoisotopic (exact) mass is 687 g/mol. The van der Waals surface area contributed by atoms with E-state index >= 15 is 0 Å². The van der Waals surface area contributed by atoms with E-state index in [0.29, 0.717) is 18.5 Å². The van der Waals surface area contributed by atoms with Crippen molar-refractivity contribution in [3.05, 3.63) is 35.9 Å². The molecule has 2 aliphatic carbocycles. The fraction of sp³-hybridized carbons (Fsp3) is 0.686. The predicted octanol–water partition coefficient (Wildman–Crippen LogP) is 2.55. The number of rotatable bonds is 13. The second-order valence-electron chi connectivity index (χ2n) is 16.7. The van der Waals surface area contributed by atoms with E-state index in [1.807, 2.05) is 40.7 Å². The largest absolute Gasteiger partial charge is 0.363 e. The van der Waals surface area contributed by atoms with Gasteiger partial charge in [-0.3, -0.25) is 19.2 Å². The summed E-state index contributed by atoms with van der Waals surface area (Å²) < 4.78 is 26.4. The molecular weight excluding hydrogens is 634 g/mol. The number of primary amides is 1. The SMILES string of the molecule is CC(C)(C)[C@H](NC(=O)N[C@H](CS(=O)(=O)Cc1ccccc1)C(C)(C)C)C(=O)N1CC2[C@@H]([C@H]1C(=O)NC(CC1CC1)C(=O)C(N)=O)C2(C)C. The Kier molecular flexibility index (Phi) is 10.5. The zero-order valence-corrected chi connectivity index (χ0v) is 30.3. The van der Waals surface area contributed by atoms with Gasteiger partial charge < -0.3 is 26.6 Å². The van der Waals surface area contributed by atoms with Gasteiger partial charge in [0, 0.05) is 12.6 Å². The fourth-order valence-electron chi connectivity index (χ4n) is 6.96. The number of carbonyl (C=O) groups is 5. The van der Waals surface area contributed by atoms with Crippen LogP contribution in [-0.2, 0) is 34.8 Å². The van der Waals surface area contributed by atoms with Gasteiger partial charge in [0.15, 0.2) is 9.84 Å². The first kappa shape index (κ1) is 37.3. The quantitative estimate of drug-likeness (QED) is 0.230. The van der Waals surface area contributed by atoms with Gasteiger partial charge >= 0.3 is 6.03 Å². The summed E-state index contributed by atoms with van der Waals surface area (Å²) in [4.78, 5) is 67.6. The van der Waals surface area contributed by atoms with Gasteiger partial charge in [-0.15, -0.1) is 0 Å². The van der Waals surface area contributed by atoms with Crippen molar-refractivity contribution in [2.45, 2.75) is 105 Å². The Labute approximate surface area is 284 Å². The molecule has 5 N–H and O–H groups in total. The minimum absolute atomic E-state index is 0.0421. The van der Waals surface area contributed by atoms with Crippen LogP contribution >= 0.6 is 0 Å². The molecule has 3 fully saturated rings. The van der Waals surface area contributed by atoms with Gasteiger partial charge in [0.1, 0.15) is 12.1 Å². The zero-order valence-electron chi connectivity index (χ0n) is 29.5. The lowest BCUT2D eigenvalue weighted by Gasteiger charge is -2.38. The van der Waals surface area contributed by atoms with Crippen LogP contribution in [0.3, 0.4) is 0 Å². The van der Waals surface area contributed by atoms with E-state index in [0.717, 1.165) is 12.8 Å². The van der Waals surface area contributed by atoms with Crippen molar-refractivity contribution in [3.8, 4) is 0 Å². The number of benzene rings is 1. The zero-order chi connectivity index (χ0) is 36.0. The Morgan fingerprint density at radius 3 is 2.06 bits per heavy atom. The Bertz CT molecular complexity index is 1530. The lowest BCUT2D eigenvalue weighted by Crippen LogP contribution is -2.62. The molecule has 0 aromatic heterocycles. The summed E-state index contributed by atoms with van der Waals surface area (Å²) in [5, 5.41) is 8.38. The van der Waals surface area contributed by atoms with E-state index in [2.05, 4.69) is 16.0 Å². The number of sulfone groups is 1. The third-order valence-electron chi connectivity index (χ3n) is 10.3. The van der Waals surface area contributed by atoms with Crippen molar-refractivity contribution < 1.29 is 32.4 Å². The molecule has 13 heteroatoms. The van der Waals surface area contributed by atoms with E-state index in [-0.39, 0.29) is 34.7 Å². The molecule has 48 heavy (non-hydrogen) atoms. The average Bonchev–Trinajstić information content (AvgIpc) is 3.81. The van der Waals surface area contributed by atoms with Crippen molar-refractivity contribution in [1.82, 2.24) is 20.9 Å². The maximum atomic E-state index is 14.3. The highest BCUT2D eigenvalue weighted by atomic mass is 32.2. The van der Waals surface area contributed by atoms with Crippen LogP contribution in [0, 0.1) is 34.0 Å². The molecule has 6 atom stereocenters. The Morgan fingerprint density at radius 1 is 0.938 bits per heavy atom.